The molecule has 2 heterocycles. The molecule has 0 aliphatic rings. The minimum Gasteiger partial charge on any atom is -0.421 e. The summed E-state index contributed by atoms with van der Waals surface area (Å²) in [7, 11) is -4.11. The van der Waals surface area contributed by atoms with E-state index in [1.165, 1.54) is 48.8 Å². The highest BCUT2D eigenvalue weighted by Crippen LogP contribution is 2.27. The molecule has 0 atom stereocenters. The topological polar surface area (TPSA) is 147 Å². The smallest absolute Gasteiger partial charge is 0.362 e. The highest BCUT2D eigenvalue weighted by Gasteiger charge is 2.23. The van der Waals surface area contributed by atoms with Gasteiger partial charge in [0.2, 0.25) is 15.8 Å². The van der Waals surface area contributed by atoms with Crippen molar-refractivity contribution >= 4 is 32.4 Å². The van der Waals surface area contributed by atoms with Crippen molar-refractivity contribution < 1.29 is 13.6 Å². The fourth-order valence-electron chi connectivity index (χ4n) is 2.79. The summed E-state index contributed by atoms with van der Waals surface area (Å²) in [6.07, 6.45) is 3.08. The molecule has 0 amide bonds. The van der Waals surface area contributed by atoms with Gasteiger partial charge >= 0.3 is 5.69 Å². The predicted octanol–water partition coefficient (Wildman–Crippen LogP) is 1.29. The first kappa shape index (κ1) is 18.4. The van der Waals surface area contributed by atoms with Gasteiger partial charge in [-0.25, -0.2) is 23.2 Å². The number of nitrogens with zero attached hydrogens (tertiary/aromatic N) is 3. The summed E-state index contributed by atoms with van der Waals surface area (Å²) in [6, 6.07) is 11.5. The molecule has 0 unspecified atom stereocenters. The lowest BCUT2D eigenvalue weighted by Crippen LogP contribution is -2.33. The van der Waals surface area contributed by atoms with E-state index >= 15 is 0 Å². The number of aromatic amines is 1. The molecule has 0 radical (unpaired) electrons. The Morgan fingerprint density at radius 2 is 1.72 bits per heavy atom. The molecule has 146 valence electrons. The van der Waals surface area contributed by atoms with Crippen LogP contribution in [0.4, 0.5) is 11.6 Å². The summed E-state index contributed by atoms with van der Waals surface area (Å²) < 4.78 is 26.3. The van der Waals surface area contributed by atoms with Gasteiger partial charge in [0.1, 0.15) is 0 Å². The van der Waals surface area contributed by atoms with E-state index in [1.54, 1.807) is 12.1 Å². The molecular formula is C18H13N5O5S. The van der Waals surface area contributed by atoms with E-state index in [9.17, 15) is 23.2 Å². The van der Waals surface area contributed by atoms with Crippen molar-refractivity contribution in [2.24, 2.45) is 0 Å². The lowest BCUT2D eigenvalue weighted by atomic mass is 10.2. The van der Waals surface area contributed by atoms with Crippen LogP contribution < -0.4 is 16.6 Å². The molecule has 0 spiro atoms. The molecule has 3 N–H and O–H groups in total. The molecule has 0 aliphatic carbocycles. The summed E-state index contributed by atoms with van der Waals surface area (Å²) >= 11 is 0. The maximum Gasteiger partial charge on any atom is 0.362 e. The highest BCUT2D eigenvalue weighted by atomic mass is 32.2. The van der Waals surface area contributed by atoms with Gasteiger partial charge in [-0.2, -0.15) is 0 Å². The molecule has 0 fully saturated rings. The molecule has 0 bridgehead atoms. The van der Waals surface area contributed by atoms with Crippen LogP contribution in [0, 0.1) is 0 Å². The third kappa shape index (κ3) is 3.23. The number of para-hydroxylation sites is 1. The second kappa shape index (κ2) is 6.87. The zero-order chi connectivity index (χ0) is 20.6. The standard InChI is InChI=1S/C18H13N5O5S/c24-16-13-6-2-7-14(15(13)22-18(25)23(16)26)29(27,28)12-5-1-4-11(10-12)21-17-19-8-3-9-20-17/h1-10,26H,(H,22,25)(H,19,20,21). The maximum atomic E-state index is 13.2. The number of nitrogens with one attached hydrogen (secondary N) is 2. The third-order valence-electron chi connectivity index (χ3n) is 4.13. The van der Waals surface area contributed by atoms with Gasteiger partial charge in [-0.05, 0) is 36.4 Å². The molecule has 0 aliphatic heterocycles. The molecule has 29 heavy (non-hydrogen) atoms. The second-order valence-corrected chi connectivity index (χ2v) is 7.87. The number of hydrogen-bond acceptors (Lipinski definition) is 8. The van der Waals surface area contributed by atoms with E-state index < -0.39 is 21.1 Å². The quantitative estimate of drug-likeness (QED) is 0.426. The van der Waals surface area contributed by atoms with Crippen LogP contribution in [0.15, 0.2) is 80.3 Å². The largest absolute Gasteiger partial charge is 0.421 e. The van der Waals surface area contributed by atoms with Crippen LogP contribution in [0.2, 0.25) is 0 Å². The predicted molar refractivity (Wildman–Crippen MR) is 103 cm³/mol. The number of fused-ring (bicyclic) bond motifs is 1. The Hall–Kier alpha value is -3.99. The molecule has 10 nitrogen and oxygen atoms in total. The third-order valence-corrected chi connectivity index (χ3v) is 5.92. The number of benzene rings is 2. The summed E-state index contributed by atoms with van der Waals surface area (Å²) in [5.74, 6) is 0.292. The molecule has 2 aromatic carbocycles. The van der Waals surface area contributed by atoms with Crippen LogP contribution in [0.25, 0.3) is 10.9 Å². The van der Waals surface area contributed by atoms with Crippen molar-refractivity contribution in [3.05, 3.63) is 81.8 Å². The molecule has 0 saturated carbocycles. The number of sulfone groups is 1. The van der Waals surface area contributed by atoms with Gasteiger partial charge in [0.05, 0.1) is 20.7 Å². The minimum absolute atomic E-state index is 0.0695. The van der Waals surface area contributed by atoms with E-state index in [0.717, 1.165) is 0 Å². The summed E-state index contributed by atoms with van der Waals surface area (Å²) in [4.78, 5) is 33.8. The van der Waals surface area contributed by atoms with Crippen LogP contribution in [0.1, 0.15) is 0 Å². The summed E-state index contributed by atoms with van der Waals surface area (Å²) in [5, 5.41) is 12.2. The number of anilines is 2. The van der Waals surface area contributed by atoms with Gasteiger partial charge in [-0.1, -0.05) is 16.9 Å². The van der Waals surface area contributed by atoms with E-state index in [0.29, 0.717) is 11.6 Å². The normalized spacial score (nSPS) is 11.4. The van der Waals surface area contributed by atoms with Crippen LogP contribution in [0.3, 0.4) is 0 Å². The van der Waals surface area contributed by atoms with Crippen LogP contribution in [-0.2, 0) is 9.84 Å². The molecule has 0 saturated heterocycles. The first-order valence-electron chi connectivity index (χ1n) is 8.24. The molecule has 4 rings (SSSR count). The second-order valence-electron chi connectivity index (χ2n) is 5.95. The summed E-state index contributed by atoms with van der Waals surface area (Å²) in [6.45, 7) is 0. The van der Waals surface area contributed by atoms with Crippen molar-refractivity contribution in [3.63, 3.8) is 0 Å². The lowest BCUT2D eigenvalue weighted by molar-refractivity contribution is 0.162. The molecular weight excluding hydrogens is 398 g/mol. The Morgan fingerprint density at radius 1 is 1.00 bits per heavy atom. The van der Waals surface area contributed by atoms with Gasteiger partial charge < -0.3 is 15.5 Å². The molecule has 11 heteroatoms. The van der Waals surface area contributed by atoms with Gasteiger partial charge in [0.15, 0.2) is 0 Å². The monoisotopic (exact) mass is 411 g/mol. The van der Waals surface area contributed by atoms with Gasteiger partial charge in [0.25, 0.3) is 5.56 Å². The summed E-state index contributed by atoms with van der Waals surface area (Å²) in [5.41, 5.74) is -1.90. The number of aromatic nitrogens is 4. The van der Waals surface area contributed by atoms with Crippen molar-refractivity contribution in [2.45, 2.75) is 9.79 Å². The maximum absolute atomic E-state index is 13.2. The number of hydrogen-bond donors (Lipinski definition) is 3. The fraction of sp³-hybridized carbons (Fsp3) is 0. The van der Waals surface area contributed by atoms with E-state index in [-0.39, 0.29) is 25.4 Å². The number of H-pyrrole nitrogens is 1. The first-order chi connectivity index (χ1) is 13.9. The van der Waals surface area contributed by atoms with Crippen molar-refractivity contribution in [1.82, 2.24) is 19.7 Å². The highest BCUT2D eigenvalue weighted by molar-refractivity contribution is 7.91. The average molecular weight is 411 g/mol. The lowest BCUT2D eigenvalue weighted by Gasteiger charge is -2.10. The van der Waals surface area contributed by atoms with Gasteiger partial charge in [0, 0.05) is 18.1 Å². The first-order valence-corrected chi connectivity index (χ1v) is 9.73. The fourth-order valence-corrected chi connectivity index (χ4v) is 4.27. The molecule has 2 aromatic heterocycles. The van der Waals surface area contributed by atoms with Gasteiger partial charge in [-0.3, -0.25) is 4.79 Å². The van der Waals surface area contributed by atoms with Crippen molar-refractivity contribution in [3.8, 4) is 0 Å². The zero-order valence-corrected chi connectivity index (χ0v) is 15.4. The van der Waals surface area contributed by atoms with Crippen molar-refractivity contribution in [1.29, 1.82) is 0 Å². The Labute approximate surface area is 163 Å². The van der Waals surface area contributed by atoms with E-state index in [2.05, 4.69) is 20.3 Å². The van der Waals surface area contributed by atoms with Gasteiger partial charge in [-0.15, -0.1) is 0 Å². The molecule has 4 aromatic rings. The van der Waals surface area contributed by atoms with E-state index in [4.69, 9.17) is 0 Å². The van der Waals surface area contributed by atoms with Crippen LogP contribution >= 0.6 is 0 Å². The SMILES string of the molecule is O=c1[nH]c2c(S(=O)(=O)c3cccc(Nc4ncccn4)c3)cccc2c(=O)n1O. The number of rotatable bonds is 4. The van der Waals surface area contributed by atoms with Crippen molar-refractivity contribution in [2.75, 3.05) is 5.32 Å². The zero-order valence-electron chi connectivity index (χ0n) is 14.6. The van der Waals surface area contributed by atoms with Crippen LogP contribution in [0.5, 0.6) is 0 Å². The Balaban J connectivity index is 1.85. The minimum atomic E-state index is -4.11. The Morgan fingerprint density at radius 3 is 2.48 bits per heavy atom. The van der Waals surface area contributed by atoms with E-state index in [1.807, 2.05) is 0 Å². The average Bonchev–Trinajstić information content (AvgIpc) is 2.73. The Kier molecular flexibility index (Phi) is 4.35. The Bertz CT molecular complexity index is 1450. The van der Waals surface area contributed by atoms with Crippen LogP contribution in [-0.4, -0.2) is 33.3 Å².